The van der Waals surface area contributed by atoms with Crippen LogP contribution in [0.4, 0.5) is 0 Å². The van der Waals surface area contributed by atoms with Crippen LogP contribution in [0.2, 0.25) is 0 Å². The van der Waals surface area contributed by atoms with Gasteiger partial charge in [0.1, 0.15) is 6.10 Å². The molecule has 0 amide bonds. The molecule has 0 saturated carbocycles. The van der Waals surface area contributed by atoms with Gasteiger partial charge in [-0.25, -0.2) is 0 Å². The summed E-state index contributed by atoms with van der Waals surface area (Å²) >= 11 is 0. The fraction of sp³-hybridized carbons (Fsp3) is 0.700. The van der Waals surface area contributed by atoms with E-state index in [1.165, 1.54) is 6.42 Å². The van der Waals surface area contributed by atoms with E-state index < -0.39 is 0 Å². The summed E-state index contributed by atoms with van der Waals surface area (Å²) in [6.07, 6.45) is 3.68. The molecule has 142 valence electrons. The third-order valence-electron chi connectivity index (χ3n) is 5.05. The molecule has 1 aliphatic heterocycles. The maximum Gasteiger partial charge on any atom is 0.160 e. The van der Waals surface area contributed by atoms with E-state index in [0.717, 1.165) is 18.4 Å². The van der Waals surface area contributed by atoms with Gasteiger partial charge in [-0.05, 0) is 64.7 Å². The zero-order chi connectivity index (χ0) is 18.7. The highest BCUT2D eigenvalue weighted by molar-refractivity contribution is 5.43. The first-order valence-electron chi connectivity index (χ1n) is 9.02. The smallest absolute Gasteiger partial charge is 0.160 e. The van der Waals surface area contributed by atoms with E-state index in [0.29, 0.717) is 17.9 Å². The molecule has 5 heteroatoms. The number of methoxy groups -OCH3 is 2. The van der Waals surface area contributed by atoms with Crippen LogP contribution in [0, 0.1) is 0 Å². The van der Waals surface area contributed by atoms with E-state index in [1.807, 2.05) is 18.2 Å². The third-order valence-corrected chi connectivity index (χ3v) is 5.05. The maximum absolute atomic E-state index is 9.88. The predicted molar refractivity (Wildman–Crippen MR) is 99.1 cm³/mol. The van der Waals surface area contributed by atoms with Gasteiger partial charge in [0.05, 0.1) is 20.8 Å². The molecule has 1 aromatic rings. The van der Waals surface area contributed by atoms with Gasteiger partial charge in [0.25, 0.3) is 0 Å². The third kappa shape index (κ3) is 4.66. The molecule has 0 aliphatic carbocycles. The molecular formula is C20H33NO4. The highest BCUT2D eigenvalue weighted by Crippen LogP contribution is 2.39. The second kappa shape index (κ2) is 7.94. The van der Waals surface area contributed by atoms with E-state index in [-0.39, 0.29) is 23.8 Å². The van der Waals surface area contributed by atoms with Crippen molar-refractivity contribution in [2.75, 3.05) is 20.8 Å². The average molecular weight is 351 g/mol. The van der Waals surface area contributed by atoms with Crippen LogP contribution in [0.5, 0.6) is 11.5 Å². The molecule has 1 saturated heterocycles. The molecule has 0 spiro atoms. The van der Waals surface area contributed by atoms with Gasteiger partial charge in [-0.1, -0.05) is 6.07 Å². The summed E-state index contributed by atoms with van der Waals surface area (Å²) in [6.45, 7) is 8.80. The quantitative estimate of drug-likeness (QED) is 0.814. The number of rotatable bonds is 7. The lowest BCUT2D eigenvalue weighted by molar-refractivity contribution is -0.308. The zero-order valence-corrected chi connectivity index (χ0v) is 16.5. The van der Waals surface area contributed by atoms with Gasteiger partial charge in [0.15, 0.2) is 11.5 Å². The van der Waals surface area contributed by atoms with Crippen LogP contribution in [0.25, 0.3) is 0 Å². The van der Waals surface area contributed by atoms with Crippen molar-refractivity contribution < 1.29 is 19.4 Å². The van der Waals surface area contributed by atoms with Crippen LogP contribution in [0.1, 0.15) is 52.5 Å². The topological polar surface area (TPSA) is 51.2 Å². The molecule has 5 nitrogen and oxygen atoms in total. The fourth-order valence-corrected chi connectivity index (χ4v) is 3.82. The van der Waals surface area contributed by atoms with Crippen molar-refractivity contribution in [2.24, 2.45) is 0 Å². The Morgan fingerprint density at radius 1 is 1.04 bits per heavy atom. The number of hydrogen-bond donors (Lipinski definition) is 1. The normalized spacial score (nSPS) is 20.9. The summed E-state index contributed by atoms with van der Waals surface area (Å²) in [5.74, 6) is 1.39. The van der Waals surface area contributed by atoms with Crippen molar-refractivity contribution in [3.05, 3.63) is 23.8 Å². The summed E-state index contributed by atoms with van der Waals surface area (Å²) in [4.78, 5) is 6.32. The number of ether oxygens (including phenoxy) is 2. The van der Waals surface area contributed by atoms with Gasteiger partial charge < -0.3 is 14.6 Å². The number of benzene rings is 1. The number of aliphatic hydroxyl groups excluding tert-OH is 1. The molecule has 0 radical (unpaired) electrons. The summed E-state index contributed by atoms with van der Waals surface area (Å²) in [7, 11) is 3.25. The first-order valence-corrected chi connectivity index (χ1v) is 9.02. The Labute approximate surface area is 151 Å². The fourth-order valence-electron chi connectivity index (χ4n) is 3.82. The van der Waals surface area contributed by atoms with E-state index >= 15 is 0 Å². The van der Waals surface area contributed by atoms with Gasteiger partial charge in [-0.15, -0.1) is 0 Å². The average Bonchev–Trinajstić information content (AvgIpc) is 2.56. The lowest BCUT2D eigenvalue weighted by atomic mass is 9.82. The molecule has 1 fully saturated rings. The minimum atomic E-state index is -0.297. The number of aliphatic hydroxyl groups is 1. The monoisotopic (exact) mass is 351 g/mol. The minimum Gasteiger partial charge on any atom is -0.493 e. The molecular weight excluding hydrogens is 318 g/mol. The van der Waals surface area contributed by atoms with Crippen LogP contribution in [0.15, 0.2) is 18.2 Å². The second-order valence-corrected chi connectivity index (χ2v) is 8.08. The highest BCUT2D eigenvalue weighted by atomic mass is 16.7. The van der Waals surface area contributed by atoms with Crippen molar-refractivity contribution in [1.82, 2.24) is 5.06 Å². The molecule has 1 aliphatic rings. The Morgan fingerprint density at radius 3 is 2.16 bits per heavy atom. The van der Waals surface area contributed by atoms with Gasteiger partial charge in [-0.3, -0.25) is 4.84 Å². The molecule has 1 N–H and O–H groups in total. The number of nitrogens with zero attached hydrogens (tertiary/aromatic N) is 1. The van der Waals surface area contributed by atoms with Gasteiger partial charge in [0.2, 0.25) is 0 Å². The first-order chi connectivity index (χ1) is 11.7. The van der Waals surface area contributed by atoms with Crippen molar-refractivity contribution in [3.8, 4) is 11.5 Å². The molecule has 0 unspecified atom stereocenters. The van der Waals surface area contributed by atoms with Crippen molar-refractivity contribution >= 4 is 0 Å². The summed E-state index contributed by atoms with van der Waals surface area (Å²) < 4.78 is 10.7. The number of hydroxylamine groups is 2. The van der Waals surface area contributed by atoms with E-state index in [1.54, 1.807) is 14.2 Å². The van der Waals surface area contributed by atoms with Gasteiger partial charge in [0, 0.05) is 17.5 Å². The molecule has 25 heavy (non-hydrogen) atoms. The number of hydrogen-bond acceptors (Lipinski definition) is 5. The highest BCUT2D eigenvalue weighted by Gasteiger charge is 2.43. The molecule has 1 atom stereocenters. The van der Waals surface area contributed by atoms with Crippen LogP contribution in [0.3, 0.4) is 0 Å². The lowest BCUT2D eigenvalue weighted by Crippen LogP contribution is -2.59. The van der Waals surface area contributed by atoms with Crippen LogP contribution in [-0.2, 0) is 11.3 Å². The summed E-state index contributed by atoms with van der Waals surface area (Å²) in [5, 5.41) is 12.0. The Bertz CT molecular complexity index is 555. The molecule has 2 rings (SSSR count). The van der Waals surface area contributed by atoms with Crippen LogP contribution >= 0.6 is 0 Å². The van der Waals surface area contributed by atoms with Crippen LogP contribution in [-0.4, -0.2) is 48.2 Å². The molecule has 1 heterocycles. The molecule has 0 bridgehead atoms. The second-order valence-electron chi connectivity index (χ2n) is 8.08. The van der Waals surface area contributed by atoms with Crippen molar-refractivity contribution in [1.29, 1.82) is 0 Å². The Kier molecular flexibility index (Phi) is 6.35. The number of piperidine rings is 1. The van der Waals surface area contributed by atoms with E-state index in [4.69, 9.17) is 14.3 Å². The SMILES string of the molecule is COc1ccc(C[C@@H](CO)ON2C(C)(C)CCCC2(C)C)cc1OC. The van der Waals surface area contributed by atoms with Gasteiger partial charge >= 0.3 is 0 Å². The Morgan fingerprint density at radius 2 is 1.64 bits per heavy atom. The predicted octanol–water partition coefficient (Wildman–Crippen LogP) is 3.58. The van der Waals surface area contributed by atoms with E-state index in [2.05, 4.69) is 32.8 Å². The summed E-state index contributed by atoms with van der Waals surface area (Å²) in [5.41, 5.74) is 0.948. The molecule has 0 aromatic heterocycles. The van der Waals surface area contributed by atoms with Crippen molar-refractivity contribution in [3.63, 3.8) is 0 Å². The Hall–Kier alpha value is -1.30. The minimum absolute atomic E-state index is 0.0307. The lowest BCUT2D eigenvalue weighted by Gasteiger charge is -2.52. The van der Waals surface area contributed by atoms with Crippen molar-refractivity contribution in [2.45, 2.75) is 70.6 Å². The van der Waals surface area contributed by atoms with E-state index in [9.17, 15) is 5.11 Å². The standard InChI is InChI=1S/C20H33NO4/c1-19(2)10-7-11-20(3,4)21(19)25-16(14-22)12-15-8-9-17(23-5)18(13-15)24-6/h8-9,13,16,22H,7,10-12,14H2,1-6H3/t16-/m0/s1. The zero-order valence-electron chi connectivity index (χ0n) is 16.5. The summed E-state index contributed by atoms with van der Waals surface area (Å²) in [6, 6.07) is 5.81. The molecule has 1 aromatic carbocycles. The Balaban J connectivity index is 2.14. The largest absolute Gasteiger partial charge is 0.493 e. The first kappa shape index (κ1) is 20.0. The van der Waals surface area contributed by atoms with Crippen LogP contribution < -0.4 is 9.47 Å². The van der Waals surface area contributed by atoms with Gasteiger partial charge in [-0.2, -0.15) is 5.06 Å². The maximum atomic E-state index is 9.88.